The van der Waals surface area contributed by atoms with Gasteiger partial charge in [0.2, 0.25) is 0 Å². The fraction of sp³-hybridized carbons (Fsp3) is 0.583. The van der Waals surface area contributed by atoms with Crippen LogP contribution in [0.2, 0.25) is 0 Å². The first-order chi connectivity index (χ1) is 9.47. The van der Waals surface area contributed by atoms with Crippen LogP contribution in [0.3, 0.4) is 0 Å². The van der Waals surface area contributed by atoms with E-state index < -0.39 is 5.97 Å². The van der Waals surface area contributed by atoms with Crippen molar-refractivity contribution in [3.63, 3.8) is 0 Å². The highest BCUT2D eigenvalue weighted by Crippen LogP contribution is 2.22. The Morgan fingerprint density at radius 3 is 2.70 bits per heavy atom. The summed E-state index contributed by atoms with van der Waals surface area (Å²) in [6, 6.07) is 0. The Hall–Kier alpha value is -1.67. The summed E-state index contributed by atoms with van der Waals surface area (Å²) in [7, 11) is 0. The Bertz CT molecular complexity index is 517. The summed E-state index contributed by atoms with van der Waals surface area (Å²) in [6.07, 6.45) is 0.770. The SMILES string of the molecule is Cc1nc(N)sc1C(=O)N1CCCN(CC(=O)O)CC1. The summed E-state index contributed by atoms with van der Waals surface area (Å²) in [5, 5.41) is 9.20. The van der Waals surface area contributed by atoms with Gasteiger partial charge < -0.3 is 15.7 Å². The smallest absolute Gasteiger partial charge is 0.317 e. The number of aromatic nitrogens is 1. The average molecular weight is 298 g/mol. The van der Waals surface area contributed by atoms with Gasteiger partial charge >= 0.3 is 5.97 Å². The third-order valence-corrected chi connectivity index (χ3v) is 4.22. The molecular weight excluding hydrogens is 280 g/mol. The van der Waals surface area contributed by atoms with Gasteiger partial charge in [-0.05, 0) is 13.3 Å². The molecule has 3 N–H and O–H groups in total. The molecule has 1 saturated heterocycles. The van der Waals surface area contributed by atoms with Crippen LogP contribution in [0.15, 0.2) is 0 Å². The predicted octanol–water partition coefficient (Wildman–Crippen LogP) is 0.266. The maximum atomic E-state index is 12.4. The highest BCUT2D eigenvalue weighted by atomic mass is 32.1. The first-order valence-electron chi connectivity index (χ1n) is 6.43. The molecule has 110 valence electrons. The summed E-state index contributed by atoms with van der Waals surface area (Å²) < 4.78 is 0. The van der Waals surface area contributed by atoms with E-state index >= 15 is 0 Å². The van der Waals surface area contributed by atoms with Crippen LogP contribution in [-0.4, -0.2) is 64.5 Å². The molecule has 0 atom stereocenters. The van der Waals surface area contributed by atoms with Gasteiger partial charge in [-0.15, -0.1) is 0 Å². The molecule has 2 heterocycles. The number of aryl methyl sites for hydroxylation is 1. The van der Waals surface area contributed by atoms with Crippen molar-refractivity contribution >= 4 is 28.3 Å². The molecule has 20 heavy (non-hydrogen) atoms. The maximum absolute atomic E-state index is 12.4. The molecule has 0 unspecified atom stereocenters. The normalized spacial score (nSPS) is 16.9. The molecule has 2 rings (SSSR count). The summed E-state index contributed by atoms with van der Waals surface area (Å²) in [4.78, 5) is 31.4. The molecule has 0 aliphatic carbocycles. The number of nitrogen functional groups attached to an aromatic ring is 1. The van der Waals surface area contributed by atoms with E-state index in [0.29, 0.717) is 41.9 Å². The van der Waals surface area contributed by atoms with Crippen molar-refractivity contribution in [2.45, 2.75) is 13.3 Å². The predicted molar refractivity (Wildman–Crippen MR) is 75.9 cm³/mol. The van der Waals surface area contributed by atoms with Gasteiger partial charge in [0.25, 0.3) is 5.91 Å². The zero-order valence-electron chi connectivity index (χ0n) is 11.3. The second kappa shape index (κ2) is 6.19. The highest BCUT2D eigenvalue weighted by molar-refractivity contribution is 7.17. The molecule has 1 amide bonds. The minimum absolute atomic E-state index is 0.0224. The average Bonchev–Trinajstić information content (AvgIpc) is 2.58. The van der Waals surface area contributed by atoms with Crippen LogP contribution in [0.5, 0.6) is 0 Å². The van der Waals surface area contributed by atoms with Crippen LogP contribution in [0.25, 0.3) is 0 Å². The number of aliphatic carboxylic acids is 1. The van der Waals surface area contributed by atoms with E-state index in [1.54, 1.807) is 11.8 Å². The fourth-order valence-electron chi connectivity index (χ4n) is 2.28. The van der Waals surface area contributed by atoms with Gasteiger partial charge in [-0.2, -0.15) is 0 Å². The Labute approximate surface area is 121 Å². The lowest BCUT2D eigenvalue weighted by molar-refractivity contribution is -0.138. The number of rotatable bonds is 3. The fourth-order valence-corrected chi connectivity index (χ4v) is 3.08. The number of nitrogens with two attached hydrogens (primary N) is 1. The van der Waals surface area contributed by atoms with Crippen molar-refractivity contribution < 1.29 is 14.7 Å². The minimum Gasteiger partial charge on any atom is -0.480 e. The van der Waals surface area contributed by atoms with Crippen LogP contribution < -0.4 is 5.73 Å². The number of anilines is 1. The van der Waals surface area contributed by atoms with E-state index in [1.807, 2.05) is 4.90 Å². The van der Waals surface area contributed by atoms with Gasteiger partial charge in [0.05, 0.1) is 12.2 Å². The van der Waals surface area contributed by atoms with E-state index in [2.05, 4.69) is 4.98 Å². The quantitative estimate of drug-likeness (QED) is 0.830. The number of amides is 1. The second-order valence-corrected chi connectivity index (χ2v) is 5.81. The van der Waals surface area contributed by atoms with Crippen molar-refractivity contribution in [3.8, 4) is 0 Å². The lowest BCUT2D eigenvalue weighted by Gasteiger charge is -2.20. The van der Waals surface area contributed by atoms with E-state index in [1.165, 1.54) is 11.3 Å². The van der Waals surface area contributed by atoms with E-state index in [4.69, 9.17) is 10.8 Å². The number of carbonyl (C=O) groups excluding carboxylic acids is 1. The number of hydrogen-bond donors (Lipinski definition) is 2. The van der Waals surface area contributed by atoms with Crippen LogP contribution in [-0.2, 0) is 4.79 Å². The van der Waals surface area contributed by atoms with Gasteiger partial charge in [-0.3, -0.25) is 14.5 Å². The number of carbonyl (C=O) groups is 2. The molecule has 7 nitrogen and oxygen atoms in total. The largest absolute Gasteiger partial charge is 0.480 e. The first-order valence-corrected chi connectivity index (χ1v) is 7.25. The second-order valence-electron chi connectivity index (χ2n) is 4.78. The number of thiazole rings is 1. The number of hydrogen-bond acceptors (Lipinski definition) is 6. The Morgan fingerprint density at radius 1 is 1.35 bits per heavy atom. The molecule has 8 heteroatoms. The summed E-state index contributed by atoms with van der Waals surface area (Å²) >= 11 is 1.20. The lowest BCUT2D eigenvalue weighted by atomic mass is 10.3. The summed E-state index contributed by atoms with van der Waals surface area (Å²) in [5.74, 6) is -0.898. The topological polar surface area (TPSA) is 99.8 Å². The molecule has 0 spiro atoms. The monoisotopic (exact) mass is 298 g/mol. The van der Waals surface area contributed by atoms with Crippen molar-refractivity contribution in [1.29, 1.82) is 0 Å². The van der Waals surface area contributed by atoms with Crippen LogP contribution in [0.1, 0.15) is 21.8 Å². The van der Waals surface area contributed by atoms with Crippen LogP contribution >= 0.6 is 11.3 Å². The van der Waals surface area contributed by atoms with Gasteiger partial charge in [-0.25, -0.2) is 4.98 Å². The van der Waals surface area contributed by atoms with Crippen LogP contribution in [0, 0.1) is 6.92 Å². The number of carboxylic acids is 1. The van der Waals surface area contributed by atoms with Crippen molar-refractivity contribution in [2.75, 3.05) is 38.5 Å². The summed E-state index contributed by atoms with van der Waals surface area (Å²) in [5.41, 5.74) is 6.27. The van der Waals surface area contributed by atoms with E-state index in [-0.39, 0.29) is 12.5 Å². The van der Waals surface area contributed by atoms with Gasteiger partial charge in [0, 0.05) is 26.2 Å². The van der Waals surface area contributed by atoms with E-state index in [9.17, 15) is 9.59 Å². The molecule has 0 bridgehead atoms. The van der Waals surface area contributed by atoms with Gasteiger partial charge in [0.15, 0.2) is 5.13 Å². The van der Waals surface area contributed by atoms with Crippen molar-refractivity contribution in [2.24, 2.45) is 0 Å². The van der Waals surface area contributed by atoms with E-state index in [0.717, 1.165) is 6.42 Å². The maximum Gasteiger partial charge on any atom is 0.317 e. The number of nitrogens with zero attached hydrogens (tertiary/aromatic N) is 3. The van der Waals surface area contributed by atoms with Gasteiger partial charge in [-0.1, -0.05) is 11.3 Å². The standard InChI is InChI=1S/C12H18N4O3S/c1-8-10(20-12(13)14-8)11(19)16-4-2-3-15(5-6-16)7-9(17)18/h2-7H2,1H3,(H2,13,14)(H,17,18). The van der Waals surface area contributed by atoms with Crippen molar-refractivity contribution in [3.05, 3.63) is 10.6 Å². The first kappa shape index (κ1) is 14.7. The highest BCUT2D eigenvalue weighted by Gasteiger charge is 2.24. The Kier molecular flexibility index (Phi) is 4.56. The molecule has 1 fully saturated rings. The third kappa shape index (κ3) is 3.45. The van der Waals surface area contributed by atoms with Crippen LogP contribution in [0.4, 0.5) is 5.13 Å². The molecule has 1 aliphatic rings. The Morgan fingerprint density at radius 2 is 2.10 bits per heavy atom. The molecule has 0 aromatic carbocycles. The summed E-state index contributed by atoms with van der Waals surface area (Å²) in [6.45, 7) is 4.23. The minimum atomic E-state index is -0.837. The zero-order chi connectivity index (χ0) is 14.7. The van der Waals surface area contributed by atoms with Crippen molar-refractivity contribution in [1.82, 2.24) is 14.8 Å². The third-order valence-electron chi connectivity index (χ3n) is 3.24. The molecule has 1 aliphatic heterocycles. The molecule has 1 aromatic heterocycles. The zero-order valence-corrected chi connectivity index (χ0v) is 12.2. The van der Waals surface area contributed by atoms with Gasteiger partial charge in [0.1, 0.15) is 4.88 Å². The Balaban J connectivity index is 2.01. The molecule has 0 saturated carbocycles. The lowest BCUT2D eigenvalue weighted by Crippen LogP contribution is -2.36. The number of carboxylic acid groups (broad SMARTS) is 1. The molecule has 1 aromatic rings. The molecular formula is C12H18N4O3S. The molecule has 0 radical (unpaired) electrons.